The van der Waals surface area contributed by atoms with Crippen molar-refractivity contribution in [3.8, 4) is 0 Å². The van der Waals surface area contributed by atoms with Crippen molar-refractivity contribution in [3.63, 3.8) is 0 Å². The standard InChI is InChI=1S/C21H23N5S.CH4O/c1-3-15(4-2)20(26-14-22-13-23-26)16-9-11-17(12-10-16)24-21-25-18-7-5-6-8-19(18)27-21;1-2/h5-15,20H,3-4H2,1-2H3,(H,24,25);2H,1H3. The minimum Gasteiger partial charge on any atom is -0.400 e. The molecule has 0 amide bonds. The van der Waals surface area contributed by atoms with Gasteiger partial charge in [-0.25, -0.2) is 14.6 Å². The molecule has 2 aromatic heterocycles. The summed E-state index contributed by atoms with van der Waals surface area (Å²) in [6.07, 6.45) is 5.63. The second-order valence-corrected chi connectivity index (χ2v) is 7.66. The van der Waals surface area contributed by atoms with Gasteiger partial charge in [-0.05, 0) is 35.7 Å². The van der Waals surface area contributed by atoms with E-state index in [4.69, 9.17) is 5.11 Å². The van der Waals surface area contributed by atoms with Crippen LogP contribution in [0.25, 0.3) is 10.2 Å². The van der Waals surface area contributed by atoms with Crippen LogP contribution in [0.1, 0.15) is 38.3 Å². The summed E-state index contributed by atoms with van der Waals surface area (Å²) in [5.74, 6) is 0.523. The Bertz CT molecular complexity index is 961. The van der Waals surface area contributed by atoms with Gasteiger partial charge in [-0.15, -0.1) is 0 Å². The predicted octanol–water partition coefficient (Wildman–Crippen LogP) is 5.27. The Labute approximate surface area is 175 Å². The summed E-state index contributed by atoms with van der Waals surface area (Å²) in [5.41, 5.74) is 3.32. The molecule has 1 atom stereocenters. The molecule has 7 heteroatoms. The smallest absolute Gasteiger partial charge is 0.188 e. The lowest BCUT2D eigenvalue weighted by molar-refractivity contribution is 0.332. The van der Waals surface area contributed by atoms with Gasteiger partial charge < -0.3 is 10.4 Å². The van der Waals surface area contributed by atoms with E-state index in [2.05, 4.69) is 64.6 Å². The average molecular weight is 410 g/mol. The van der Waals surface area contributed by atoms with Crippen molar-refractivity contribution in [2.75, 3.05) is 12.4 Å². The van der Waals surface area contributed by atoms with Gasteiger partial charge in [0.05, 0.1) is 16.3 Å². The topological polar surface area (TPSA) is 75.9 Å². The van der Waals surface area contributed by atoms with Gasteiger partial charge in [-0.2, -0.15) is 5.10 Å². The molecule has 2 N–H and O–H groups in total. The third kappa shape index (κ3) is 4.81. The molecule has 4 rings (SSSR count). The second kappa shape index (κ2) is 10.1. The Morgan fingerprint density at radius 1 is 1.03 bits per heavy atom. The summed E-state index contributed by atoms with van der Waals surface area (Å²) in [4.78, 5) is 8.79. The number of fused-ring (bicyclic) bond motifs is 1. The predicted molar refractivity (Wildman–Crippen MR) is 120 cm³/mol. The van der Waals surface area contributed by atoms with Crippen molar-refractivity contribution in [3.05, 3.63) is 66.7 Å². The van der Waals surface area contributed by atoms with E-state index in [0.717, 1.165) is 36.3 Å². The lowest BCUT2D eigenvalue weighted by Gasteiger charge is -2.26. The number of aliphatic hydroxyl groups is 1. The number of hydrogen-bond donors (Lipinski definition) is 2. The quantitative estimate of drug-likeness (QED) is 0.435. The Hall–Kier alpha value is -2.77. The number of nitrogens with zero attached hydrogens (tertiary/aromatic N) is 4. The lowest BCUT2D eigenvalue weighted by Crippen LogP contribution is -2.20. The average Bonchev–Trinajstić information content (AvgIpc) is 3.43. The van der Waals surface area contributed by atoms with Gasteiger partial charge in [0.15, 0.2) is 5.13 Å². The van der Waals surface area contributed by atoms with Crippen molar-refractivity contribution in [2.24, 2.45) is 5.92 Å². The third-order valence-electron chi connectivity index (χ3n) is 5.01. The molecule has 6 nitrogen and oxygen atoms in total. The Kier molecular flexibility index (Phi) is 7.32. The van der Waals surface area contributed by atoms with Crippen LogP contribution in [0.2, 0.25) is 0 Å². The van der Waals surface area contributed by atoms with Crippen LogP contribution in [0.4, 0.5) is 10.8 Å². The fourth-order valence-corrected chi connectivity index (χ4v) is 4.44. The molecule has 4 aromatic rings. The molecule has 0 aliphatic rings. The molecule has 0 saturated carbocycles. The first-order chi connectivity index (χ1) is 14.3. The molecule has 0 bridgehead atoms. The Morgan fingerprint density at radius 2 is 1.76 bits per heavy atom. The number of para-hydroxylation sites is 1. The first-order valence-corrected chi connectivity index (χ1v) is 10.6. The number of aromatic nitrogens is 4. The number of rotatable bonds is 7. The van der Waals surface area contributed by atoms with E-state index in [1.165, 1.54) is 10.3 Å². The van der Waals surface area contributed by atoms with Crippen LogP contribution in [-0.2, 0) is 0 Å². The summed E-state index contributed by atoms with van der Waals surface area (Å²) >= 11 is 1.67. The fourth-order valence-electron chi connectivity index (χ4n) is 3.55. The van der Waals surface area contributed by atoms with Gasteiger partial charge in [0.25, 0.3) is 0 Å². The van der Waals surface area contributed by atoms with E-state index in [1.54, 1.807) is 17.7 Å². The molecule has 2 aromatic carbocycles. The Morgan fingerprint density at radius 3 is 2.38 bits per heavy atom. The molecule has 0 saturated heterocycles. The molecule has 0 aliphatic heterocycles. The zero-order valence-corrected chi connectivity index (χ0v) is 17.8. The van der Waals surface area contributed by atoms with Gasteiger partial charge in [0.2, 0.25) is 0 Å². The van der Waals surface area contributed by atoms with E-state index < -0.39 is 0 Å². The molecule has 2 heterocycles. The largest absolute Gasteiger partial charge is 0.400 e. The Balaban J connectivity index is 0.00000117. The molecular formula is C22H27N5OS. The van der Waals surface area contributed by atoms with Crippen molar-refractivity contribution in [2.45, 2.75) is 32.7 Å². The molecule has 0 radical (unpaired) electrons. The zero-order valence-electron chi connectivity index (χ0n) is 17.0. The maximum absolute atomic E-state index is 7.00. The normalized spacial score (nSPS) is 11.9. The molecular weight excluding hydrogens is 382 g/mol. The summed E-state index contributed by atoms with van der Waals surface area (Å²) in [6, 6.07) is 17.0. The number of hydrogen-bond acceptors (Lipinski definition) is 6. The highest BCUT2D eigenvalue weighted by molar-refractivity contribution is 7.22. The van der Waals surface area contributed by atoms with Crippen LogP contribution >= 0.6 is 11.3 Å². The van der Waals surface area contributed by atoms with Crippen molar-refractivity contribution in [1.29, 1.82) is 0 Å². The molecule has 0 fully saturated rings. The minimum absolute atomic E-state index is 0.207. The SMILES string of the molecule is CCC(CC)C(c1ccc(Nc2nc3ccccc3s2)cc1)n1cncn1.CO. The van der Waals surface area contributed by atoms with Crippen molar-refractivity contribution < 1.29 is 5.11 Å². The fraction of sp³-hybridized carbons (Fsp3) is 0.318. The second-order valence-electron chi connectivity index (χ2n) is 6.63. The van der Waals surface area contributed by atoms with Crippen LogP contribution in [-0.4, -0.2) is 32.0 Å². The van der Waals surface area contributed by atoms with E-state index in [1.807, 2.05) is 29.2 Å². The summed E-state index contributed by atoms with van der Waals surface area (Å²) in [6.45, 7) is 4.47. The molecule has 0 aliphatic carbocycles. The monoisotopic (exact) mass is 409 g/mol. The highest BCUT2D eigenvalue weighted by atomic mass is 32.1. The van der Waals surface area contributed by atoms with E-state index in [9.17, 15) is 0 Å². The van der Waals surface area contributed by atoms with E-state index in [0.29, 0.717) is 5.92 Å². The van der Waals surface area contributed by atoms with Crippen molar-refractivity contribution >= 4 is 32.4 Å². The van der Waals surface area contributed by atoms with Gasteiger partial charge in [0, 0.05) is 12.8 Å². The highest BCUT2D eigenvalue weighted by Crippen LogP contribution is 2.32. The van der Waals surface area contributed by atoms with E-state index in [-0.39, 0.29) is 6.04 Å². The van der Waals surface area contributed by atoms with Gasteiger partial charge in [-0.3, -0.25) is 0 Å². The van der Waals surface area contributed by atoms with Crippen molar-refractivity contribution in [1.82, 2.24) is 19.7 Å². The summed E-state index contributed by atoms with van der Waals surface area (Å²) in [7, 11) is 1.00. The number of thiazole rings is 1. The number of aliphatic hydroxyl groups excluding tert-OH is 1. The molecule has 29 heavy (non-hydrogen) atoms. The maximum Gasteiger partial charge on any atom is 0.188 e. The van der Waals surface area contributed by atoms with Crippen LogP contribution in [0.15, 0.2) is 61.2 Å². The number of nitrogens with one attached hydrogen (secondary N) is 1. The van der Waals surface area contributed by atoms with E-state index >= 15 is 0 Å². The van der Waals surface area contributed by atoms with Gasteiger partial charge in [-0.1, -0.05) is 62.3 Å². The van der Waals surface area contributed by atoms with Crippen LogP contribution in [0.5, 0.6) is 0 Å². The number of benzene rings is 2. The molecule has 152 valence electrons. The highest BCUT2D eigenvalue weighted by Gasteiger charge is 2.23. The van der Waals surface area contributed by atoms with Crippen LogP contribution in [0, 0.1) is 5.92 Å². The summed E-state index contributed by atoms with van der Waals surface area (Å²) in [5, 5.41) is 15.7. The first kappa shape index (κ1) is 21.0. The zero-order chi connectivity index (χ0) is 20.6. The lowest BCUT2D eigenvalue weighted by atomic mass is 9.89. The third-order valence-corrected chi connectivity index (χ3v) is 5.97. The van der Waals surface area contributed by atoms with Gasteiger partial charge in [0.1, 0.15) is 12.7 Å². The van der Waals surface area contributed by atoms with Crippen LogP contribution in [0.3, 0.4) is 0 Å². The first-order valence-electron chi connectivity index (χ1n) is 9.80. The van der Waals surface area contributed by atoms with Crippen LogP contribution < -0.4 is 5.32 Å². The van der Waals surface area contributed by atoms with Gasteiger partial charge >= 0.3 is 0 Å². The maximum atomic E-state index is 7.00. The minimum atomic E-state index is 0.207. The number of anilines is 2. The molecule has 0 spiro atoms. The molecule has 1 unspecified atom stereocenters. The summed E-state index contributed by atoms with van der Waals surface area (Å²) < 4.78 is 3.17.